The highest BCUT2D eigenvalue weighted by molar-refractivity contribution is 5.95. The maximum Gasteiger partial charge on any atom is 0.232 e. The number of alkyl halides is 1. The summed E-state index contributed by atoms with van der Waals surface area (Å²) in [6, 6.07) is 10.5. The summed E-state index contributed by atoms with van der Waals surface area (Å²) in [6.07, 6.45) is 8.19. The first-order valence-electron chi connectivity index (χ1n) is 16.5. The average Bonchev–Trinajstić information content (AvgIpc) is 3.60. The number of amides is 1. The van der Waals surface area contributed by atoms with Crippen LogP contribution in [0.3, 0.4) is 0 Å². The standard InChI is InChI=1S/C36H48FN5O2/c1-31(2,3)27-18-26(41(7)39-27)24-9-8-10-25(17-24)42(28(43)19-34-20-36(37,21-34)22-34)23-33-11-14-35(15-12-33,16-13-33)29-38-30(44-40-29)32(4,5)6/h8-10,17-18H,11-16,19-23H2,1-7H3. The molecule has 0 spiro atoms. The predicted octanol–water partition coefficient (Wildman–Crippen LogP) is 7.97. The highest BCUT2D eigenvalue weighted by Gasteiger charge is 2.69. The molecule has 6 saturated carbocycles. The van der Waals surface area contributed by atoms with Crippen LogP contribution in [0.4, 0.5) is 10.1 Å². The van der Waals surface area contributed by atoms with Crippen molar-refractivity contribution in [3.05, 3.63) is 47.7 Å². The van der Waals surface area contributed by atoms with Crippen molar-refractivity contribution in [1.82, 2.24) is 19.9 Å². The molecule has 0 atom stereocenters. The van der Waals surface area contributed by atoms with Crippen molar-refractivity contribution in [3.63, 3.8) is 0 Å². The van der Waals surface area contributed by atoms with Crippen LogP contribution in [0.1, 0.15) is 123 Å². The normalized spacial score (nSPS) is 31.0. The molecule has 0 N–H and O–H groups in total. The Hall–Kier alpha value is -3.03. The van der Waals surface area contributed by atoms with E-state index in [4.69, 9.17) is 14.6 Å². The summed E-state index contributed by atoms with van der Waals surface area (Å²) in [7, 11) is 1.99. The topological polar surface area (TPSA) is 77.1 Å². The highest BCUT2D eigenvalue weighted by Crippen LogP contribution is 2.71. The first-order valence-corrected chi connectivity index (χ1v) is 16.5. The summed E-state index contributed by atoms with van der Waals surface area (Å²) in [5.41, 5.74) is 2.70. The van der Waals surface area contributed by atoms with Crippen molar-refractivity contribution in [3.8, 4) is 11.3 Å². The highest BCUT2D eigenvalue weighted by atomic mass is 19.1. The van der Waals surface area contributed by atoms with Gasteiger partial charge in [-0.1, -0.05) is 58.8 Å². The fraction of sp³-hybridized carbons (Fsp3) is 0.667. The summed E-state index contributed by atoms with van der Waals surface area (Å²) in [6.45, 7) is 13.5. The molecule has 0 radical (unpaired) electrons. The zero-order valence-electron chi connectivity index (χ0n) is 27.6. The third kappa shape index (κ3) is 4.91. The Kier molecular flexibility index (Phi) is 6.40. The number of benzene rings is 1. The summed E-state index contributed by atoms with van der Waals surface area (Å²) in [5.74, 6) is 1.70. The van der Waals surface area contributed by atoms with Gasteiger partial charge in [-0.15, -0.1) is 0 Å². The number of aryl methyl sites for hydroxylation is 1. The van der Waals surface area contributed by atoms with E-state index in [1.165, 1.54) is 0 Å². The van der Waals surface area contributed by atoms with E-state index in [0.29, 0.717) is 38.1 Å². The Morgan fingerprint density at radius 2 is 1.61 bits per heavy atom. The molecule has 2 aromatic heterocycles. The van der Waals surface area contributed by atoms with Gasteiger partial charge in [-0.2, -0.15) is 10.1 Å². The molecular weight excluding hydrogens is 553 g/mol. The van der Waals surface area contributed by atoms with Gasteiger partial charge in [-0.3, -0.25) is 9.48 Å². The van der Waals surface area contributed by atoms with Crippen LogP contribution in [-0.4, -0.2) is 38.0 Å². The molecule has 1 aromatic carbocycles. The molecule has 44 heavy (non-hydrogen) atoms. The van der Waals surface area contributed by atoms with Crippen LogP contribution in [0.2, 0.25) is 0 Å². The van der Waals surface area contributed by atoms with E-state index in [-0.39, 0.29) is 33.0 Å². The van der Waals surface area contributed by atoms with Crippen LogP contribution in [0.25, 0.3) is 11.3 Å². The first kappa shape index (κ1) is 29.7. The van der Waals surface area contributed by atoms with Crippen LogP contribution >= 0.6 is 0 Å². The second kappa shape index (κ2) is 9.49. The van der Waals surface area contributed by atoms with Gasteiger partial charge >= 0.3 is 0 Å². The zero-order chi connectivity index (χ0) is 31.3. The van der Waals surface area contributed by atoms with Gasteiger partial charge in [0.15, 0.2) is 5.82 Å². The first-order chi connectivity index (χ1) is 20.5. The Morgan fingerprint density at radius 1 is 0.955 bits per heavy atom. The van der Waals surface area contributed by atoms with Gasteiger partial charge < -0.3 is 9.42 Å². The summed E-state index contributed by atoms with van der Waals surface area (Å²) in [4.78, 5) is 21.1. The van der Waals surface area contributed by atoms with Gasteiger partial charge in [0.05, 0.1) is 11.4 Å². The number of carbonyl (C=O) groups excluding carboxylic acids is 1. The predicted molar refractivity (Wildman–Crippen MR) is 169 cm³/mol. The number of halogens is 1. The maximum atomic E-state index is 14.4. The van der Waals surface area contributed by atoms with Gasteiger partial charge in [-0.25, -0.2) is 4.39 Å². The molecule has 0 unspecified atom stereocenters. The minimum atomic E-state index is -1.01. The second-order valence-corrected chi connectivity index (χ2v) is 17.1. The molecule has 6 fully saturated rings. The lowest BCUT2D eigenvalue weighted by atomic mass is 9.41. The lowest BCUT2D eigenvalue weighted by Crippen LogP contribution is -2.65. The fourth-order valence-corrected chi connectivity index (χ4v) is 8.64. The summed E-state index contributed by atoms with van der Waals surface area (Å²) < 4.78 is 22.1. The van der Waals surface area contributed by atoms with E-state index >= 15 is 0 Å². The number of anilines is 1. The maximum absolute atomic E-state index is 14.4. The number of hydrogen-bond acceptors (Lipinski definition) is 5. The molecule has 236 valence electrons. The van der Waals surface area contributed by atoms with Gasteiger partial charge in [0.25, 0.3) is 0 Å². The Balaban J connectivity index is 1.16. The number of aromatic nitrogens is 4. The molecule has 6 aliphatic carbocycles. The quantitative estimate of drug-likeness (QED) is 0.274. The minimum absolute atomic E-state index is 0.0327. The van der Waals surface area contributed by atoms with Gasteiger partial charge in [0.1, 0.15) is 5.67 Å². The van der Waals surface area contributed by atoms with E-state index < -0.39 is 5.67 Å². The molecule has 9 rings (SSSR count). The Labute approximate surface area is 261 Å². The van der Waals surface area contributed by atoms with Crippen molar-refractivity contribution in [1.29, 1.82) is 0 Å². The van der Waals surface area contributed by atoms with Crippen LogP contribution in [0.15, 0.2) is 34.9 Å². The number of carbonyl (C=O) groups is 1. The second-order valence-electron chi connectivity index (χ2n) is 17.1. The van der Waals surface area contributed by atoms with E-state index in [0.717, 1.165) is 67.0 Å². The van der Waals surface area contributed by atoms with Crippen molar-refractivity contribution in [2.75, 3.05) is 11.4 Å². The largest absolute Gasteiger partial charge is 0.339 e. The van der Waals surface area contributed by atoms with E-state index in [2.05, 4.69) is 81.9 Å². The lowest BCUT2D eigenvalue weighted by Gasteiger charge is -2.66. The Bertz CT molecular complexity index is 1560. The zero-order valence-corrected chi connectivity index (χ0v) is 27.6. The molecule has 1 amide bonds. The molecule has 4 bridgehead atoms. The minimum Gasteiger partial charge on any atom is -0.339 e. The summed E-state index contributed by atoms with van der Waals surface area (Å²) >= 11 is 0. The van der Waals surface area contributed by atoms with E-state index in [1.807, 2.05) is 11.7 Å². The van der Waals surface area contributed by atoms with E-state index in [1.54, 1.807) is 0 Å². The molecule has 2 heterocycles. The van der Waals surface area contributed by atoms with Crippen molar-refractivity contribution in [2.24, 2.45) is 17.9 Å². The third-order valence-electron chi connectivity index (χ3n) is 11.4. The fourth-order valence-electron chi connectivity index (χ4n) is 8.64. The third-order valence-corrected chi connectivity index (χ3v) is 11.4. The van der Waals surface area contributed by atoms with Crippen molar-refractivity contribution < 1.29 is 13.7 Å². The monoisotopic (exact) mass is 601 g/mol. The molecule has 7 nitrogen and oxygen atoms in total. The van der Waals surface area contributed by atoms with E-state index in [9.17, 15) is 9.18 Å². The number of hydrogen-bond donors (Lipinski definition) is 0. The molecule has 8 heteroatoms. The van der Waals surface area contributed by atoms with Crippen molar-refractivity contribution in [2.45, 2.75) is 128 Å². The van der Waals surface area contributed by atoms with Crippen LogP contribution < -0.4 is 4.90 Å². The number of fused-ring (bicyclic) bond motifs is 3. The summed E-state index contributed by atoms with van der Waals surface area (Å²) in [5, 5.41) is 9.27. The Morgan fingerprint density at radius 3 is 2.16 bits per heavy atom. The molecule has 3 aromatic rings. The molecular formula is C36H48FN5O2. The smallest absolute Gasteiger partial charge is 0.232 e. The molecule has 0 saturated heterocycles. The van der Waals surface area contributed by atoms with Crippen LogP contribution in [0, 0.1) is 10.8 Å². The molecule has 0 aliphatic heterocycles. The van der Waals surface area contributed by atoms with Gasteiger partial charge in [-0.05, 0) is 86.8 Å². The van der Waals surface area contributed by atoms with Gasteiger partial charge in [0, 0.05) is 47.5 Å². The van der Waals surface area contributed by atoms with Gasteiger partial charge in [0.2, 0.25) is 11.8 Å². The number of nitrogens with zero attached hydrogens (tertiary/aromatic N) is 5. The lowest BCUT2D eigenvalue weighted by molar-refractivity contribution is -0.215. The van der Waals surface area contributed by atoms with Crippen LogP contribution in [-0.2, 0) is 28.1 Å². The van der Waals surface area contributed by atoms with Crippen LogP contribution in [0.5, 0.6) is 0 Å². The average molecular weight is 602 g/mol. The molecule has 6 aliphatic rings. The SMILES string of the molecule is Cn1nc(C(C)(C)C)cc1-c1cccc(N(CC23CCC(c4noc(C(C)(C)C)n4)(CC2)CC3)C(=O)CC23CC(F)(C2)C3)c1. The van der Waals surface area contributed by atoms with Crippen molar-refractivity contribution >= 4 is 11.6 Å². The number of rotatable bonds is 7.